The van der Waals surface area contributed by atoms with Gasteiger partial charge in [-0.15, -0.1) is 0 Å². The van der Waals surface area contributed by atoms with Crippen LogP contribution in [0.2, 0.25) is 0 Å². The van der Waals surface area contributed by atoms with Gasteiger partial charge in [-0.3, -0.25) is 0 Å². The Hall–Kier alpha value is -1.59. The first kappa shape index (κ1) is 16.3. The fourth-order valence-electron chi connectivity index (χ4n) is 3.44. The van der Waals surface area contributed by atoms with Gasteiger partial charge in [-0.05, 0) is 43.7 Å². The lowest BCUT2D eigenvalue weighted by atomic mass is 9.99. The summed E-state index contributed by atoms with van der Waals surface area (Å²) in [5.74, 6) is 0. The Bertz CT molecular complexity index is 516. The second kappa shape index (κ2) is 7.32. The number of benzene rings is 1. The average molecular weight is 318 g/mol. The van der Waals surface area contributed by atoms with Gasteiger partial charge in [-0.1, -0.05) is 24.3 Å². The summed E-state index contributed by atoms with van der Waals surface area (Å²) in [4.78, 5) is 12.1. The van der Waals surface area contributed by atoms with Gasteiger partial charge in [-0.25, -0.2) is 4.79 Å². The maximum absolute atomic E-state index is 12.1. The quantitative estimate of drug-likeness (QED) is 0.789. The zero-order valence-electron chi connectivity index (χ0n) is 13.8. The molecule has 2 N–H and O–H groups in total. The Balaban J connectivity index is 1.33. The van der Waals surface area contributed by atoms with Crippen LogP contribution in [0.15, 0.2) is 24.3 Å². The average Bonchev–Trinajstić information content (AvgIpc) is 3.12. The summed E-state index contributed by atoms with van der Waals surface area (Å²) < 4.78 is 11.0. The van der Waals surface area contributed by atoms with Crippen LogP contribution < -0.4 is 10.6 Å². The Morgan fingerprint density at radius 3 is 2.74 bits per heavy atom. The third-order valence-corrected chi connectivity index (χ3v) is 4.55. The van der Waals surface area contributed by atoms with Gasteiger partial charge in [0.25, 0.3) is 0 Å². The molecule has 2 aliphatic rings. The molecule has 0 bridgehead atoms. The molecule has 0 spiro atoms. The monoisotopic (exact) mass is 318 g/mol. The summed E-state index contributed by atoms with van der Waals surface area (Å²) >= 11 is 0. The molecule has 126 valence electrons. The highest BCUT2D eigenvalue weighted by Crippen LogP contribution is 2.29. The van der Waals surface area contributed by atoms with Gasteiger partial charge < -0.3 is 20.1 Å². The normalized spacial score (nSPS) is 21.9. The smallest absolute Gasteiger partial charge is 0.315 e. The first-order valence-corrected chi connectivity index (χ1v) is 8.47. The molecule has 3 rings (SSSR count). The molecule has 1 heterocycles. The van der Waals surface area contributed by atoms with Crippen LogP contribution in [0.5, 0.6) is 0 Å². The predicted molar refractivity (Wildman–Crippen MR) is 88.6 cm³/mol. The molecular weight excluding hydrogens is 292 g/mol. The molecule has 5 nitrogen and oxygen atoms in total. The second-order valence-corrected chi connectivity index (χ2v) is 6.77. The molecule has 1 aromatic carbocycles. The zero-order chi connectivity index (χ0) is 16.1. The largest absolute Gasteiger partial charge is 0.377 e. The van der Waals surface area contributed by atoms with Gasteiger partial charge in [-0.2, -0.15) is 0 Å². The molecule has 1 fully saturated rings. The molecule has 1 aliphatic carbocycles. The number of carbonyl (C=O) groups is 1. The standard InChI is InChI=1S/C18H26N2O3/c1-18(11-14-5-2-3-6-15(14)12-18)20-17(21)19-8-10-22-13-16-7-4-9-23-16/h2-3,5-6,16H,4,7-13H2,1H3,(H2,19,20,21)/t16-/m1/s1. The van der Waals surface area contributed by atoms with Crippen molar-refractivity contribution in [3.05, 3.63) is 35.4 Å². The van der Waals surface area contributed by atoms with Crippen LogP contribution in [0, 0.1) is 0 Å². The first-order chi connectivity index (χ1) is 11.1. The van der Waals surface area contributed by atoms with Crippen molar-refractivity contribution in [3.63, 3.8) is 0 Å². The van der Waals surface area contributed by atoms with E-state index in [1.807, 2.05) is 0 Å². The number of carbonyl (C=O) groups excluding carboxylic acids is 1. The van der Waals surface area contributed by atoms with Crippen LogP contribution in [0.25, 0.3) is 0 Å². The van der Waals surface area contributed by atoms with Crippen molar-refractivity contribution < 1.29 is 14.3 Å². The summed E-state index contributed by atoms with van der Waals surface area (Å²) in [6, 6.07) is 8.26. The number of hydrogen-bond acceptors (Lipinski definition) is 3. The Morgan fingerprint density at radius 1 is 1.35 bits per heavy atom. The summed E-state index contributed by atoms with van der Waals surface area (Å²) in [5.41, 5.74) is 2.46. The number of hydrogen-bond donors (Lipinski definition) is 2. The fraction of sp³-hybridized carbons (Fsp3) is 0.611. The zero-order valence-corrected chi connectivity index (χ0v) is 13.8. The maximum atomic E-state index is 12.1. The highest BCUT2D eigenvalue weighted by Gasteiger charge is 2.33. The van der Waals surface area contributed by atoms with E-state index in [-0.39, 0.29) is 17.7 Å². The molecule has 1 saturated heterocycles. The molecule has 0 unspecified atom stereocenters. The van der Waals surface area contributed by atoms with Crippen molar-refractivity contribution in [2.75, 3.05) is 26.4 Å². The van der Waals surface area contributed by atoms with Gasteiger partial charge >= 0.3 is 6.03 Å². The van der Waals surface area contributed by atoms with E-state index in [0.717, 1.165) is 32.3 Å². The van der Waals surface area contributed by atoms with E-state index in [1.54, 1.807) is 0 Å². The van der Waals surface area contributed by atoms with Crippen molar-refractivity contribution in [2.45, 2.75) is 44.2 Å². The second-order valence-electron chi connectivity index (χ2n) is 6.77. The third-order valence-electron chi connectivity index (χ3n) is 4.55. The van der Waals surface area contributed by atoms with Crippen LogP contribution >= 0.6 is 0 Å². The Morgan fingerprint density at radius 2 is 2.09 bits per heavy atom. The van der Waals surface area contributed by atoms with Crippen molar-refractivity contribution in [3.8, 4) is 0 Å². The van der Waals surface area contributed by atoms with Crippen molar-refractivity contribution in [2.24, 2.45) is 0 Å². The number of urea groups is 1. The number of rotatable bonds is 6. The van der Waals surface area contributed by atoms with Gasteiger partial charge in [0.05, 0.1) is 19.3 Å². The van der Waals surface area contributed by atoms with Crippen molar-refractivity contribution in [1.29, 1.82) is 0 Å². The molecule has 5 heteroatoms. The van der Waals surface area contributed by atoms with Gasteiger partial charge in [0.15, 0.2) is 0 Å². The number of nitrogens with one attached hydrogen (secondary N) is 2. The molecule has 0 saturated carbocycles. The summed E-state index contributed by atoms with van der Waals surface area (Å²) in [7, 11) is 0. The number of fused-ring (bicyclic) bond motifs is 1. The van der Waals surface area contributed by atoms with Crippen LogP contribution in [0.1, 0.15) is 30.9 Å². The highest BCUT2D eigenvalue weighted by molar-refractivity contribution is 5.75. The molecule has 0 radical (unpaired) electrons. The molecule has 1 aromatic rings. The molecule has 1 atom stereocenters. The van der Waals surface area contributed by atoms with Crippen LogP contribution in [0.3, 0.4) is 0 Å². The van der Waals surface area contributed by atoms with Crippen LogP contribution in [-0.2, 0) is 22.3 Å². The Labute approximate surface area is 137 Å². The van der Waals surface area contributed by atoms with Crippen molar-refractivity contribution >= 4 is 6.03 Å². The van der Waals surface area contributed by atoms with E-state index in [1.165, 1.54) is 11.1 Å². The molecule has 0 aromatic heterocycles. The minimum Gasteiger partial charge on any atom is -0.377 e. The summed E-state index contributed by atoms with van der Waals surface area (Å²) in [5, 5.41) is 5.97. The van der Waals surface area contributed by atoms with Gasteiger partial charge in [0.2, 0.25) is 0 Å². The minimum atomic E-state index is -0.202. The third kappa shape index (κ3) is 4.45. The van der Waals surface area contributed by atoms with Gasteiger partial charge in [0, 0.05) is 18.7 Å². The first-order valence-electron chi connectivity index (χ1n) is 8.47. The van der Waals surface area contributed by atoms with E-state index in [0.29, 0.717) is 19.8 Å². The lowest BCUT2D eigenvalue weighted by Crippen LogP contribution is -2.51. The molecule has 23 heavy (non-hydrogen) atoms. The number of ether oxygens (including phenoxy) is 2. The van der Waals surface area contributed by atoms with E-state index >= 15 is 0 Å². The summed E-state index contributed by atoms with van der Waals surface area (Å²) in [6.45, 7) is 4.60. The topological polar surface area (TPSA) is 59.6 Å². The number of amides is 2. The van der Waals surface area contributed by atoms with Crippen LogP contribution in [-0.4, -0.2) is 44.0 Å². The maximum Gasteiger partial charge on any atom is 0.315 e. The highest BCUT2D eigenvalue weighted by atomic mass is 16.5. The SMILES string of the molecule is CC1(NC(=O)NCCOC[C@H]2CCCO2)Cc2ccccc2C1. The van der Waals surface area contributed by atoms with E-state index in [4.69, 9.17) is 9.47 Å². The minimum absolute atomic E-state index is 0.124. The lowest BCUT2D eigenvalue weighted by Gasteiger charge is -2.25. The lowest BCUT2D eigenvalue weighted by molar-refractivity contribution is 0.0188. The van der Waals surface area contributed by atoms with Gasteiger partial charge in [0.1, 0.15) is 0 Å². The molecule has 1 aliphatic heterocycles. The van der Waals surface area contributed by atoms with E-state index < -0.39 is 0 Å². The van der Waals surface area contributed by atoms with E-state index in [2.05, 4.69) is 41.8 Å². The summed E-state index contributed by atoms with van der Waals surface area (Å²) in [6.07, 6.45) is 4.19. The van der Waals surface area contributed by atoms with Crippen LogP contribution in [0.4, 0.5) is 4.79 Å². The Kier molecular flexibility index (Phi) is 5.18. The van der Waals surface area contributed by atoms with E-state index in [9.17, 15) is 4.79 Å². The predicted octanol–water partition coefficient (Wildman–Crippen LogP) is 2.04. The molecular formula is C18H26N2O3. The van der Waals surface area contributed by atoms with Crippen molar-refractivity contribution in [1.82, 2.24) is 10.6 Å². The molecule has 2 amide bonds. The fourth-order valence-corrected chi connectivity index (χ4v) is 3.44.